The van der Waals surface area contributed by atoms with Crippen molar-refractivity contribution in [2.45, 2.75) is 26.7 Å². The van der Waals surface area contributed by atoms with E-state index in [9.17, 15) is 14.4 Å². The lowest BCUT2D eigenvalue weighted by Gasteiger charge is -2.05. The number of aromatic hydroxyl groups is 1. The maximum absolute atomic E-state index is 11.1. The number of nitrogens with one attached hydrogen (secondary N) is 3. The van der Waals surface area contributed by atoms with Crippen molar-refractivity contribution in [3.8, 4) is 5.75 Å². The highest BCUT2D eigenvalue weighted by Gasteiger charge is 2.02. The van der Waals surface area contributed by atoms with Crippen molar-refractivity contribution in [2.24, 2.45) is 0 Å². The SMILES string of the molecule is C=C(C)C(=O)NCCCNC(=O)CCCl.C=C(C)C(=O)Nc1cccc(O)c1. The van der Waals surface area contributed by atoms with Crippen molar-refractivity contribution in [3.63, 3.8) is 0 Å². The summed E-state index contributed by atoms with van der Waals surface area (Å²) in [6, 6.07) is 6.36. The minimum absolute atomic E-state index is 0.0590. The molecule has 4 N–H and O–H groups in total. The van der Waals surface area contributed by atoms with E-state index >= 15 is 0 Å². The zero-order chi connectivity index (χ0) is 21.5. The molecule has 0 bridgehead atoms. The maximum Gasteiger partial charge on any atom is 0.250 e. The highest BCUT2D eigenvalue weighted by Crippen LogP contribution is 2.15. The number of anilines is 1. The van der Waals surface area contributed by atoms with Crippen molar-refractivity contribution < 1.29 is 19.5 Å². The zero-order valence-electron chi connectivity index (χ0n) is 16.3. The topological polar surface area (TPSA) is 108 Å². The molecule has 1 aromatic rings. The Balaban J connectivity index is 0.000000525. The Morgan fingerprint density at radius 2 is 1.64 bits per heavy atom. The third-order valence-corrected chi connectivity index (χ3v) is 3.35. The Bertz CT molecular complexity index is 704. The Morgan fingerprint density at radius 3 is 2.18 bits per heavy atom. The molecule has 0 aromatic heterocycles. The molecule has 0 heterocycles. The first kappa shape index (κ1) is 25.2. The van der Waals surface area contributed by atoms with Crippen LogP contribution in [0.4, 0.5) is 5.69 Å². The van der Waals surface area contributed by atoms with Crippen LogP contribution in [0.3, 0.4) is 0 Å². The van der Waals surface area contributed by atoms with E-state index in [2.05, 4.69) is 29.1 Å². The molecule has 0 atom stereocenters. The lowest BCUT2D eigenvalue weighted by Crippen LogP contribution is -2.30. The second-order valence-electron chi connectivity index (χ2n) is 5.96. The fourth-order valence-corrected chi connectivity index (χ4v) is 1.84. The number of hydrogen-bond donors (Lipinski definition) is 4. The predicted octanol–water partition coefficient (Wildman–Crippen LogP) is 2.72. The summed E-state index contributed by atoms with van der Waals surface area (Å²) in [6.07, 6.45) is 1.03. The number of phenols is 1. The monoisotopic (exact) mass is 409 g/mol. The number of alkyl halides is 1. The maximum atomic E-state index is 11.1. The number of halogens is 1. The summed E-state index contributed by atoms with van der Waals surface area (Å²) in [4.78, 5) is 33.1. The van der Waals surface area contributed by atoms with Crippen LogP contribution >= 0.6 is 11.6 Å². The van der Waals surface area contributed by atoms with Gasteiger partial charge in [0, 0.05) is 48.3 Å². The molecule has 0 fully saturated rings. The van der Waals surface area contributed by atoms with Crippen LogP contribution in [-0.4, -0.2) is 41.8 Å². The van der Waals surface area contributed by atoms with E-state index in [-0.39, 0.29) is 23.5 Å². The van der Waals surface area contributed by atoms with Crippen LogP contribution in [0.2, 0.25) is 0 Å². The molecule has 154 valence electrons. The first-order chi connectivity index (χ1) is 13.2. The van der Waals surface area contributed by atoms with Crippen LogP contribution in [0.25, 0.3) is 0 Å². The number of rotatable bonds is 9. The molecular formula is C20H28ClN3O4. The summed E-state index contributed by atoms with van der Waals surface area (Å²) in [5.41, 5.74) is 1.48. The number of amides is 3. The summed E-state index contributed by atoms with van der Waals surface area (Å²) in [7, 11) is 0. The van der Waals surface area contributed by atoms with Gasteiger partial charge < -0.3 is 21.1 Å². The largest absolute Gasteiger partial charge is 0.508 e. The standard InChI is InChI=1S/C10H17ClN2O2.C10H11NO2/c1-8(2)10(15)13-7-3-6-12-9(14)4-5-11;1-7(2)10(13)11-8-4-3-5-9(12)6-8/h1,3-7H2,2H3,(H,12,14)(H,13,15);3-6,12H,1H2,2H3,(H,11,13). The molecule has 1 rings (SSSR count). The van der Waals surface area contributed by atoms with E-state index in [1.807, 2.05) is 0 Å². The Morgan fingerprint density at radius 1 is 1.04 bits per heavy atom. The van der Waals surface area contributed by atoms with Gasteiger partial charge in [0.1, 0.15) is 5.75 Å². The summed E-state index contributed by atoms with van der Waals surface area (Å²) >= 11 is 5.39. The van der Waals surface area contributed by atoms with Gasteiger partial charge in [0.05, 0.1) is 0 Å². The van der Waals surface area contributed by atoms with Crippen LogP contribution in [-0.2, 0) is 14.4 Å². The van der Waals surface area contributed by atoms with E-state index in [4.69, 9.17) is 16.7 Å². The molecule has 0 saturated heterocycles. The second-order valence-corrected chi connectivity index (χ2v) is 6.34. The van der Waals surface area contributed by atoms with Crippen molar-refractivity contribution in [1.82, 2.24) is 10.6 Å². The molecule has 28 heavy (non-hydrogen) atoms. The van der Waals surface area contributed by atoms with Crippen LogP contribution in [0.1, 0.15) is 26.7 Å². The second kappa shape index (κ2) is 14.3. The van der Waals surface area contributed by atoms with Gasteiger partial charge in [-0.15, -0.1) is 11.6 Å². The van der Waals surface area contributed by atoms with Crippen LogP contribution < -0.4 is 16.0 Å². The molecule has 1 aromatic carbocycles. The minimum Gasteiger partial charge on any atom is -0.508 e. The molecule has 3 amide bonds. The van der Waals surface area contributed by atoms with Gasteiger partial charge in [-0.2, -0.15) is 0 Å². The van der Waals surface area contributed by atoms with Gasteiger partial charge in [0.15, 0.2) is 0 Å². The number of hydrogen-bond acceptors (Lipinski definition) is 4. The molecule has 0 unspecified atom stereocenters. The zero-order valence-corrected chi connectivity index (χ0v) is 17.1. The third kappa shape index (κ3) is 12.5. The van der Waals surface area contributed by atoms with E-state index in [0.717, 1.165) is 0 Å². The molecule has 0 aliphatic carbocycles. The fourth-order valence-electron chi connectivity index (χ4n) is 1.66. The summed E-state index contributed by atoms with van der Waals surface area (Å²) in [6.45, 7) is 11.4. The van der Waals surface area contributed by atoms with Crippen LogP contribution in [0, 0.1) is 0 Å². The van der Waals surface area contributed by atoms with Gasteiger partial charge in [-0.3, -0.25) is 14.4 Å². The fraction of sp³-hybridized carbons (Fsp3) is 0.350. The predicted molar refractivity (Wildman–Crippen MR) is 112 cm³/mol. The Kier molecular flexibility index (Phi) is 12.9. The third-order valence-electron chi connectivity index (χ3n) is 3.16. The number of phenolic OH excluding ortho intramolecular Hbond substituents is 1. The highest BCUT2D eigenvalue weighted by atomic mass is 35.5. The molecule has 0 saturated carbocycles. The van der Waals surface area contributed by atoms with Crippen molar-refractivity contribution in [2.75, 3.05) is 24.3 Å². The van der Waals surface area contributed by atoms with E-state index in [1.165, 1.54) is 12.1 Å². The number of carbonyl (C=O) groups is 3. The van der Waals surface area contributed by atoms with E-state index < -0.39 is 0 Å². The summed E-state index contributed by atoms with van der Waals surface area (Å²) in [5.74, 6) is 0.00142. The quantitative estimate of drug-likeness (QED) is 0.285. The van der Waals surface area contributed by atoms with Gasteiger partial charge >= 0.3 is 0 Å². The molecule has 8 heteroatoms. The smallest absolute Gasteiger partial charge is 0.250 e. The molecule has 0 spiro atoms. The average Bonchev–Trinajstić information content (AvgIpc) is 2.61. The van der Waals surface area contributed by atoms with Gasteiger partial charge in [0.25, 0.3) is 5.91 Å². The molecule has 7 nitrogen and oxygen atoms in total. The number of carbonyl (C=O) groups excluding carboxylic acids is 3. The van der Waals surface area contributed by atoms with Gasteiger partial charge in [0.2, 0.25) is 11.8 Å². The van der Waals surface area contributed by atoms with Gasteiger partial charge in [-0.1, -0.05) is 19.2 Å². The molecule has 0 aliphatic rings. The Labute approximate surface area is 170 Å². The van der Waals surface area contributed by atoms with Crippen molar-refractivity contribution in [1.29, 1.82) is 0 Å². The van der Waals surface area contributed by atoms with Gasteiger partial charge in [-0.05, 0) is 32.4 Å². The normalized spacial score (nSPS) is 9.39. The molecule has 0 aliphatic heterocycles. The van der Waals surface area contributed by atoms with Crippen LogP contribution in [0.15, 0.2) is 48.6 Å². The highest BCUT2D eigenvalue weighted by molar-refractivity contribution is 6.18. The summed E-state index contributed by atoms with van der Waals surface area (Å²) in [5, 5.41) is 17.0. The van der Waals surface area contributed by atoms with Crippen LogP contribution in [0.5, 0.6) is 5.75 Å². The summed E-state index contributed by atoms with van der Waals surface area (Å²) < 4.78 is 0. The number of benzene rings is 1. The van der Waals surface area contributed by atoms with Crippen molar-refractivity contribution >= 4 is 35.0 Å². The first-order valence-corrected chi connectivity index (χ1v) is 9.23. The first-order valence-electron chi connectivity index (χ1n) is 8.69. The Hall–Kier alpha value is -2.80. The van der Waals surface area contributed by atoms with Crippen molar-refractivity contribution in [3.05, 3.63) is 48.6 Å². The average molecular weight is 410 g/mol. The minimum atomic E-state index is -0.245. The van der Waals surface area contributed by atoms with E-state index in [1.54, 1.807) is 26.0 Å². The lowest BCUT2D eigenvalue weighted by molar-refractivity contribution is -0.120. The lowest BCUT2D eigenvalue weighted by atomic mass is 10.2. The molecule has 0 radical (unpaired) electrons. The van der Waals surface area contributed by atoms with E-state index in [0.29, 0.717) is 48.6 Å². The molecular weight excluding hydrogens is 382 g/mol. The van der Waals surface area contributed by atoms with Gasteiger partial charge in [-0.25, -0.2) is 0 Å².